The van der Waals surface area contributed by atoms with Crippen molar-refractivity contribution in [2.45, 2.75) is 6.92 Å². The molecular weight excluding hydrogens is 322 g/mol. The fraction of sp³-hybridized carbons (Fsp3) is 0.300. The predicted molar refractivity (Wildman–Crippen MR) is 98.9 cm³/mol. The second-order valence-electron chi connectivity index (χ2n) is 5.86. The summed E-state index contributed by atoms with van der Waals surface area (Å²) in [6.45, 7) is 6.79. The second-order valence-corrected chi connectivity index (χ2v) is 6.26. The lowest BCUT2D eigenvalue weighted by molar-refractivity contribution is 0.0435. The summed E-state index contributed by atoms with van der Waals surface area (Å²) >= 11 is 6.12. The SMILES string of the molecule is CC(=CCN1CCOCC1)c1ccc(Oc2ccccc2Cl)cc1. The van der Waals surface area contributed by atoms with Gasteiger partial charge in [0.05, 0.1) is 18.2 Å². The van der Waals surface area contributed by atoms with Gasteiger partial charge in [-0.3, -0.25) is 4.90 Å². The maximum absolute atomic E-state index is 6.12. The molecule has 1 aliphatic heterocycles. The van der Waals surface area contributed by atoms with Crippen LogP contribution in [0.4, 0.5) is 0 Å². The molecule has 0 spiro atoms. The van der Waals surface area contributed by atoms with Crippen molar-refractivity contribution >= 4 is 17.2 Å². The van der Waals surface area contributed by atoms with Crippen molar-refractivity contribution in [2.75, 3.05) is 32.8 Å². The molecule has 0 N–H and O–H groups in total. The Morgan fingerprint density at radius 3 is 2.54 bits per heavy atom. The number of hydrogen-bond donors (Lipinski definition) is 0. The number of allylic oxidation sites excluding steroid dienone is 1. The Labute approximate surface area is 148 Å². The smallest absolute Gasteiger partial charge is 0.146 e. The number of para-hydroxylation sites is 1. The lowest BCUT2D eigenvalue weighted by Gasteiger charge is -2.25. The Bertz CT molecular complexity index is 691. The molecule has 0 atom stereocenters. The van der Waals surface area contributed by atoms with Crippen LogP contribution in [0.1, 0.15) is 12.5 Å². The van der Waals surface area contributed by atoms with Gasteiger partial charge in [-0.25, -0.2) is 0 Å². The fourth-order valence-corrected chi connectivity index (χ4v) is 2.78. The van der Waals surface area contributed by atoms with Crippen molar-refractivity contribution in [3.63, 3.8) is 0 Å². The van der Waals surface area contributed by atoms with E-state index in [1.165, 1.54) is 11.1 Å². The van der Waals surface area contributed by atoms with Gasteiger partial charge in [0.2, 0.25) is 0 Å². The normalized spacial score (nSPS) is 16.2. The van der Waals surface area contributed by atoms with Crippen LogP contribution in [0.25, 0.3) is 5.57 Å². The molecule has 1 fully saturated rings. The molecule has 1 saturated heterocycles. The zero-order valence-corrected chi connectivity index (χ0v) is 14.6. The molecule has 0 unspecified atom stereocenters. The molecule has 3 nitrogen and oxygen atoms in total. The Morgan fingerprint density at radius 2 is 1.83 bits per heavy atom. The van der Waals surface area contributed by atoms with E-state index >= 15 is 0 Å². The second kappa shape index (κ2) is 8.34. The van der Waals surface area contributed by atoms with E-state index < -0.39 is 0 Å². The van der Waals surface area contributed by atoms with E-state index in [1.54, 1.807) is 0 Å². The van der Waals surface area contributed by atoms with Gasteiger partial charge in [-0.15, -0.1) is 0 Å². The van der Waals surface area contributed by atoms with Gasteiger partial charge < -0.3 is 9.47 Å². The van der Waals surface area contributed by atoms with Crippen molar-refractivity contribution in [3.05, 3.63) is 65.2 Å². The minimum absolute atomic E-state index is 0.614. The van der Waals surface area contributed by atoms with E-state index in [9.17, 15) is 0 Å². The van der Waals surface area contributed by atoms with Gasteiger partial charge >= 0.3 is 0 Å². The summed E-state index contributed by atoms with van der Waals surface area (Å²) in [6, 6.07) is 15.6. The Balaban J connectivity index is 1.62. The van der Waals surface area contributed by atoms with Gasteiger partial charge in [0.25, 0.3) is 0 Å². The van der Waals surface area contributed by atoms with Crippen molar-refractivity contribution in [2.24, 2.45) is 0 Å². The van der Waals surface area contributed by atoms with Gasteiger partial charge in [0, 0.05) is 19.6 Å². The molecule has 0 amide bonds. The largest absolute Gasteiger partial charge is 0.456 e. The van der Waals surface area contributed by atoms with Gasteiger partial charge in [0.15, 0.2) is 0 Å². The number of morpholine rings is 1. The van der Waals surface area contributed by atoms with Crippen LogP contribution in [0, 0.1) is 0 Å². The van der Waals surface area contributed by atoms with Gasteiger partial charge in [-0.05, 0) is 42.3 Å². The first-order valence-corrected chi connectivity index (χ1v) is 8.60. The predicted octanol–water partition coefficient (Wildman–Crippen LogP) is 4.87. The maximum Gasteiger partial charge on any atom is 0.146 e. The summed E-state index contributed by atoms with van der Waals surface area (Å²) in [5.41, 5.74) is 2.47. The third-order valence-electron chi connectivity index (χ3n) is 4.13. The number of benzene rings is 2. The lowest BCUT2D eigenvalue weighted by atomic mass is 10.1. The number of rotatable bonds is 5. The van der Waals surface area contributed by atoms with E-state index in [1.807, 2.05) is 36.4 Å². The quantitative estimate of drug-likeness (QED) is 0.773. The van der Waals surface area contributed by atoms with E-state index in [-0.39, 0.29) is 0 Å². The highest BCUT2D eigenvalue weighted by Gasteiger charge is 2.08. The van der Waals surface area contributed by atoms with E-state index in [0.29, 0.717) is 10.8 Å². The Morgan fingerprint density at radius 1 is 1.12 bits per heavy atom. The van der Waals surface area contributed by atoms with Crippen LogP contribution in [-0.4, -0.2) is 37.7 Å². The summed E-state index contributed by atoms with van der Waals surface area (Å²) in [6.07, 6.45) is 2.27. The number of ether oxygens (including phenoxy) is 2. The van der Waals surface area contributed by atoms with Gasteiger partial charge in [-0.1, -0.05) is 41.9 Å². The highest BCUT2D eigenvalue weighted by molar-refractivity contribution is 6.32. The topological polar surface area (TPSA) is 21.7 Å². The Kier molecular flexibility index (Phi) is 5.91. The minimum Gasteiger partial charge on any atom is -0.456 e. The molecule has 126 valence electrons. The standard InChI is InChI=1S/C20H22ClNO2/c1-16(10-11-22-12-14-23-15-13-22)17-6-8-18(9-7-17)24-20-5-3-2-4-19(20)21/h2-10H,11-15H2,1H3. The third kappa shape index (κ3) is 4.60. The molecule has 0 bridgehead atoms. The summed E-state index contributed by atoms with van der Waals surface area (Å²) < 4.78 is 11.2. The van der Waals surface area contributed by atoms with Gasteiger partial charge in [0.1, 0.15) is 11.5 Å². The first kappa shape index (κ1) is 17.0. The monoisotopic (exact) mass is 343 g/mol. The lowest BCUT2D eigenvalue weighted by Crippen LogP contribution is -2.36. The molecule has 24 heavy (non-hydrogen) atoms. The van der Waals surface area contributed by atoms with E-state index in [2.05, 4.69) is 30.0 Å². The van der Waals surface area contributed by atoms with Crippen LogP contribution < -0.4 is 4.74 Å². The molecule has 1 heterocycles. The van der Waals surface area contributed by atoms with E-state index in [4.69, 9.17) is 21.1 Å². The maximum atomic E-state index is 6.12. The minimum atomic E-state index is 0.614. The average Bonchev–Trinajstić information content (AvgIpc) is 2.63. The van der Waals surface area contributed by atoms with Crippen molar-refractivity contribution in [1.82, 2.24) is 4.90 Å². The molecule has 0 aliphatic carbocycles. The molecule has 0 saturated carbocycles. The average molecular weight is 344 g/mol. The van der Waals surface area contributed by atoms with Crippen LogP contribution in [0.5, 0.6) is 11.5 Å². The van der Waals surface area contributed by atoms with Crippen LogP contribution in [0.15, 0.2) is 54.6 Å². The highest BCUT2D eigenvalue weighted by Crippen LogP contribution is 2.29. The summed E-state index contributed by atoms with van der Waals surface area (Å²) in [5.74, 6) is 1.46. The molecule has 4 heteroatoms. The van der Waals surface area contributed by atoms with Crippen LogP contribution in [0.3, 0.4) is 0 Å². The van der Waals surface area contributed by atoms with Crippen molar-refractivity contribution in [3.8, 4) is 11.5 Å². The van der Waals surface area contributed by atoms with Crippen molar-refractivity contribution < 1.29 is 9.47 Å². The first-order valence-electron chi connectivity index (χ1n) is 8.22. The third-order valence-corrected chi connectivity index (χ3v) is 4.45. The zero-order chi connectivity index (χ0) is 16.8. The molecule has 1 aliphatic rings. The van der Waals surface area contributed by atoms with Gasteiger partial charge in [-0.2, -0.15) is 0 Å². The molecule has 0 aromatic heterocycles. The summed E-state index contributed by atoms with van der Waals surface area (Å²) in [7, 11) is 0. The number of nitrogens with zero attached hydrogens (tertiary/aromatic N) is 1. The van der Waals surface area contributed by atoms with Crippen LogP contribution in [0.2, 0.25) is 5.02 Å². The molecule has 3 rings (SSSR count). The summed E-state index contributed by atoms with van der Waals surface area (Å²) in [5, 5.41) is 0.614. The number of halogens is 1. The van der Waals surface area contributed by atoms with E-state index in [0.717, 1.165) is 38.6 Å². The first-order chi connectivity index (χ1) is 11.7. The zero-order valence-electron chi connectivity index (χ0n) is 13.9. The molecular formula is C20H22ClNO2. The summed E-state index contributed by atoms with van der Waals surface area (Å²) in [4.78, 5) is 2.40. The number of hydrogen-bond acceptors (Lipinski definition) is 3. The molecule has 0 radical (unpaired) electrons. The molecule has 2 aromatic rings. The highest BCUT2D eigenvalue weighted by atomic mass is 35.5. The van der Waals surface area contributed by atoms with Crippen molar-refractivity contribution in [1.29, 1.82) is 0 Å². The molecule has 2 aromatic carbocycles. The van der Waals surface area contributed by atoms with Crippen LogP contribution in [-0.2, 0) is 4.74 Å². The van der Waals surface area contributed by atoms with Crippen LogP contribution >= 0.6 is 11.6 Å². The fourth-order valence-electron chi connectivity index (χ4n) is 2.61. The Hall–Kier alpha value is -1.81.